The fourth-order valence-electron chi connectivity index (χ4n) is 4.19. The molecule has 2 aromatic heterocycles. The van der Waals surface area contributed by atoms with Gasteiger partial charge in [-0.1, -0.05) is 6.07 Å². The summed E-state index contributed by atoms with van der Waals surface area (Å²) in [5.74, 6) is 0.421. The summed E-state index contributed by atoms with van der Waals surface area (Å²) in [7, 11) is 1.58. The van der Waals surface area contributed by atoms with Gasteiger partial charge in [0.05, 0.1) is 24.5 Å². The third-order valence-electron chi connectivity index (χ3n) is 5.54. The second-order valence-corrected chi connectivity index (χ2v) is 8.38. The molecule has 0 bridgehead atoms. The van der Waals surface area contributed by atoms with Gasteiger partial charge in [0.2, 0.25) is 5.91 Å². The first-order chi connectivity index (χ1) is 15.4. The van der Waals surface area contributed by atoms with Crippen molar-refractivity contribution in [2.75, 3.05) is 17.3 Å². The lowest BCUT2D eigenvalue weighted by Gasteiger charge is -2.30. The molecule has 7 nitrogen and oxygen atoms in total. The van der Waals surface area contributed by atoms with Crippen LogP contribution in [0.1, 0.15) is 50.3 Å². The van der Waals surface area contributed by atoms with Crippen molar-refractivity contribution in [1.82, 2.24) is 14.9 Å². The summed E-state index contributed by atoms with van der Waals surface area (Å²) in [4.78, 5) is 18.5. The Morgan fingerprint density at radius 1 is 1.22 bits per heavy atom. The lowest BCUT2D eigenvalue weighted by molar-refractivity contribution is -0.114. The maximum Gasteiger partial charge on any atom is 0.221 e. The van der Waals surface area contributed by atoms with Crippen molar-refractivity contribution in [1.29, 1.82) is 0 Å². The second-order valence-electron chi connectivity index (χ2n) is 8.00. The van der Waals surface area contributed by atoms with Gasteiger partial charge >= 0.3 is 0 Å². The fourth-order valence-corrected chi connectivity index (χ4v) is 4.54. The summed E-state index contributed by atoms with van der Waals surface area (Å²) in [6.07, 6.45) is 3.88. The minimum absolute atomic E-state index is 0.131. The number of hydrogen-bond donors (Lipinski definition) is 2. The van der Waals surface area contributed by atoms with Gasteiger partial charge in [-0.3, -0.25) is 9.78 Å². The zero-order chi connectivity index (χ0) is 22.8. The van der Waals surface area contributed by atoms with Crippen molar-refractivity contribution in [3.05, 3.63) is 72.3 Å². The number of ether oxygens (including phenoxy) is 1. The van der Waals surface area contributed by atoms with Crippen LogP contribution in [0.2, 0.25) is 0 Å². The Morgan fingerprint density at radius 3 is 2.69 bits per heavy atom. The summed E-state index contributed by atoms with van der Waals surface area (Å²) in [5, 5.41) is 6.93. The lowest BCUT2D eigenvalue weighted by atomic mass is 10.0. The largest absolute Gasteiger partial charge is 0.495 e. The van der Waals surface area contributed by atoms with Gasteiger partial charge in [0, 0.05) is 36.7 Å². The number of anilines is 2. The van der Waals surface area contributed by atoms with E-state index in [-0.39, 0.29) is 24.0 Å². The highest BCUT2D eigenvalue weighted by Crippen LogP contribution is 2.43. The van der Waals surface area contributed by atoms with Gasteiger partial charge in [-0.25, -0.2) is 0 Å². The van der Waals surface area contributed by atoms with E-state index in [9.17, 15) is 4.79 Å². The van der Waals surface area contributed by atoms with E-state index < -0.39 is 0 Å². The number of hydrogen-bond acceptors (Lipinski definition) is 4. The summed E-state index contributed by atoms with van der Waals surface area (Å²) < 4.78 is 7.69. The van der Waals surface area contributed by atoms with Crippen LogP contribution >= 0.6 is 12.2 Å². The van der Waals surface area contributed by atoms with Crippen LogP contribution in [0.25, 0.3) is 0 Å². The van der Waals surface area contributed by atoms with E-state index in [2.05, 4.69) is 57.3 Å². The van der Waals surface area contributed by atoms with Gasteiger partial charge in [0.15, 0.2) is 5.11 Å². The Morgan fingerprint density at radius 2 is 2.03 bits per heavy atom. The summed E-state index contributed by atoms with van der Waals surface area (Å²) >= 11 is 5.81. The molecule has 1 aromatic carbocycles. The minimum Gasteiger partial charge on any atom is -0.495 e. The quantitative estimate of drug-likeness (QED) is 0.536. The van der Waals surface area contributed by atoms with E-state index in [0.717, 1.165) is 17.1 Å². The van der Waals surface area contributed by atoms with E-state index in [0.29, 0.717) is 16.5 Å². The number of thiocarbonyl (C=S) groups is 1. The van der Waals surface area contributed by atoms with Crippen LogP contribution < -0.4 is 20.3 Å². The number of nitrogens with zero attached hydrogens (tertiary/aromatic N) is 3. The van der Waals surface area contributed by atoms with Gasteiger partial charge < -0.3 is 24.8 Å². The molecule has 0 unspecified atom stereocenters. The minimum atomic E-state index is -0.167. The van der Waals surface area contributed by atoms with E-state index in [1.165, 1.54) is 6.92 Å². The molecular formula is C24H27N5O2S. The number of nitrogens with one attached hydrogen (secondary N) is 2. The molecule has 1 saturated heterocycles. The molecule has 0 aliphatic carbocycles. The number of amides is 1. The van der Waals surface area contributed by atoms with Gasteiger partial charge in [0.25, 0.3) is 0 Å². The maximum atomic E-state index is 11.8. The van der Waals surface area contributed by atoms with Crippen LogP contribution in [0.3, 0.4) is 0 Å². The highest BCUT2D eigenvalue weighted by Gasteiger charge is 2.42. The molecule has 0 radical (unpaired) electrons. The number of carbonyl (C=O) groups excluding carboxylic acids is 1. The molecule has 1 aliphatic heterocycles. The molecule has 1 aliphatic rings. The molecule has 8 heteroatoms. The summed E-state index contributed by atoms with van der Waals surface area (Å²) in [6.45, 7) is 5.79. The van der Waals surface area contributed by atoms with Crippen LogP contribution in [0, 0.1) is 0 Å². The van der Waals surface area contributed by atoms with Crippen molar-refractivity contribution in [3.63, 3.8) is 0 Å². The number of aromatic nitrogens is 2. The Bertz CT molecular complexity index is 1130. The highest BCUT2D eigenvalue weighted by atomic mass is 32.1. The van der Waals surface area contributed by atoms with Gasteiger partial charge in [-0.05, 0) is 68.5 Å². The first-order valence-corrected chi connectivity index (χ1v) is 10.9. The average Bonchev–Trinajstić information content (AvgIpc) is 3.38. The first-order valence-electron chi connectivity index (χ1n) is 10.5. The first kappa shape index (κ1) is 21.8. The number of benzene rings is 1. The molecule has 2 atom stereocenters. The van der Waals surface area contributed by atoms with E-state index in [4.69, 9.17) is 17.0 Å². The molecule has 3 aromatic rings. The summed E-state index contributed by atoms with van der Waals surface area (Å²) in [6, 6.07) is 15.8. The van der Waals surface area contributed by atoms with Crippen LogP contribution in [0.15, 0.2) is 60.9 Å². The second kappa shape index (κ2) is 9.00. The molecule has 0 saturated carbocycles. The van der Waals surface area contributed by atoms with Crippen LogP contribution in [-0.4, -0.2) is 27.7 Å². The van der Waals surface area contributed by atoms with Gasteiger partial charge in [0.1, 0.15) is 11.8 Å². The zero-order valence-corrected chi connectivity index (χ0v) is 19.4. The molecule has 1 fully saturated rings. The predicted octanol–water partition coefficient (Wildman–Crippen LogP) is 4.61. The van der Waals surface area contributed by atoms with Crippen LogP contribution in [0.5, 0.6) is 5.75 Å². The Kier molecular flexibility index (Phi) is 6.14. The Labute approximate surface area is 193 Å². The van der Waals surface area contributed by atoms with Gasteiger partial charge in [-0.2, -0.15) is 0 Å². The molecule has 4 rings (SSSR count). The maximum absolute atomic E-state index is 11.8. The molecular weight excluding hydrogens is 422 g/mol. The molecule has 2 N–H and O–H groups in total. The number of rotatable bonds is 6. The van der Waals surface area contributed by atoms with Crippen molar-refractivity contribution in [3.8, 4) is 5.75 Å². The van der Waals surface area contributed by atoms with Crippen molar-refractivity contribution in [2.24, 2.45) is 0 Å². The van der Waals surface area contributed by atoms with Crippen molar-refractivity contribution >= 4 is 34.6 Å². The fraction of sp³-hybridized carbons (Fsp3) is 0.292. The highest BCUT2D eigenvalue weighted by molar-refractivity contribution is 7.80. The third kappa shape index (κ3) is 4.05. The Hall–Kier alpha value is -3.39. The predicted molar refractivity (Wildman–Crippen MR) is 130 cm³/mol. The zero-order valence-electron chi connectivity index (χ0n) is 18.6. The van der Waals surface area contributed by atoms with E-state index in [1.807, 2.05) is 36.4 Å². The average molecular weight is 450 g/mol. The SMILES string of the molecule is COc1ccc(N2C(=S)N[C@H](c3ccccn3)[C@@H]2c2cccn2C(C)C)cc1NC(C)=O. The molecule has 3 heterocycles. The topological polar surface area (TPSA) is 71.4 Å². The monoisotopic (exact) mass is 449 g/mol. The molecule has 166 valence electrons. The summed E-state index contributed by atoms with van der Waals surface area (Å²) in [5.41, 5.74) is 3.49. The number of methoxy groups -OCH3 is 1. The van der Waals surface area contributed by atoms with Crippen molar-refractivity contribution < 1.29 is 9.53 Å². The van der Waals surface area contributed by atoms with Gasteiger partial charge in [-0.15, -0.1) is 0 Å². The third-order valence-corrected chi connectivity index (χ3v) is 5.86. The standard InChI is InChI=1S/C24H27N5O2S/c1-15(2)28-13-7-9-20(28)23-22(18-8-5-6-12-25-18)27-24(32)29(23)17-10-11-21(31-4)19(14-17)26-16(3)30/h5-15,22-23H,1-4H3,(H,26,30)(H,27,32)/t22-,23+/m1/s1. The normalized spacial score (nSPS) is 18.0. The van der Waals surface area contributed by atoms with Crippen molar-refractivity contribution in [2.45, 2.75) is 38.9 Å². The molecule has 1 amide bonds. The van der Waals surface area contributed by atoms with E-state index >= 15 is 0 Å². The molecule has 0 spiro atoms. The number of pyridine rings is 1. The smallest absolute Gasteiger partial charge is 0.221 e. The number of carbonyl (C=O) groups is 1. The molecule has 32 heavy (non-hydrogen) atoms. The van der Waals surface area contributed by atoms with Crippen LogP contribution in [0.4, 0.5) is 11.4 Å². The Balaban J connectivity index is 1.85. The lowest BCUT2D eigenvalue weighted by Crippen LogP contribution is -2.30. The van der Waals surface area contributed by atoms with E-state index in [1.54, 1.807) is 13.3 Å². The van der Waals surface area contributed by atoms with Crippen LogP contribution in [-0.2, 0) is 4.79 Å².